The summed E-state index contributed by atoms with van der Waals surface area (Å²) in [6.45, 7) is 3.91. The van der Waals surface area contributed by atoms with Gasteiger partial charge in [-0.1, -0.05) is 6.92 Å². The van der Waals surface area contributed by atoms with E-state index in [1.54, 1.807) is 12.1 Å². The maximum atomic E-state index is 12.7. The van der Waals surface area contributed by atoms with Gasteiger partial charge in [0.1, 0.15) is 0 Å². The van der Waals surface area contributed by atoms with Gasteiger partial charge in [-0.05, 0) is 43.4 Å². The highest BCUT2D eigenvalue weighted by Gasteiger charge is 2.40. The molecule has 2 heterocycles. The Morgan fingerprint density at radius 3 is 2.81 bits per heavy atom. The summed E-state index contributed by atoms with van der Waals surface area (Å²) >= 11 is 1.44. The molecule has 2 atom stereocenters. The number of hydrogen-bond donors (Lipinski definition) is 1. The van der Waals surface area contributed by atoms with E-state index >= 15 is 0 Å². The smallest absolute Gasteiger partial charge is 0.311 e. The van der Waals surface area contributed by atoms with Crippen molar-refractivity contribution in [1.82, 2.24) is 0 Å². The van der Waals surface area contributed by atoms with Crippen LogP contribution in [0.3, 0.4) is 0 Å². The summed E-state index contributed by atoms with van der Waals surface area (Å²) in [5.74, 6) is -0.968. The number of carbonyl (C=O) groups is 2. The number of hydrogen-bond acceptors (Lipinski definition) is 4. The lowest BCUT2D eigenvalue weighted by atomic mass is 9.93. The Morgan fingerprint density at radius 2 is 2.24 bits per heavy atom. The zero-order valence-electron chi connectivity index (χ0n) is 11.9. The van der Waals surface area contributed by atoms with Gasteiger partial charge in [0.25, 0.3) is 0 Å². The SMILES string of the molecule is CCC1CC(C(=O)O)c2sc(C)c(C(=O)c3ccco3)c21. The third-order valence-electron chi connectivity index (χ3n) is 4.16. The van der Waals surface area contributed by atoms with Crippen molar-refractivity contribution in [2.75, 3.05) is 0 Å². The molecule has 2 aromatic heterocycles. The first-order valence-electron chi connectivity index (χ1n) is 6.98. The first-order valence-corrected chi connectivity index (χ1v) is 7.80. The molecule has 1 N–H and O–H groups in total. The summed E-state index contributed by atoms with van der Waals surface area (Å²) in [4.78, 5) is 25.8. The van der Waals surface area contributed by atoms with Gasteiger partial charge in [0.15, 0.2) is 5.76 Å². The minimum Gasteiger partial charge on any atom is -0.481 e. The molecule has 0 saturated carbocycles. The lowest BCUT2D eigenvalue weighted by molar-refractivity contribution is -0.138. The number of furan rings is 1. The summed E-state index contributed by atoms with van der Waals surface area (Å²) in [5.41, 5.74) is 1.59. The van der Waals surface area contributed by atoms with E-state index in [9.17, 15) is 14.7 Å². The summed E-state index contributed by atoms with van der Waals surface area (Å²) in [7, 11) is 0. The van der Waals surface area contributed by atoms with Crippen LogP contribution in [0.25, 0.3) is 0 Å². The number of thiophene rings is 1. The number of rotatable bonds is 4. The number of fused-ring (bicyclic) bond motifs is 1. The second-order valence-electron chi connectivity index (χ2n) is 5.35. The molecular weight excluding hydrogens is 288 g/mol. The average molecular weight is 304 g/mol. The van der Waals surface area contributed by atoms with Gasteiger partial charge >= 0.3 is 5.97 Å². The summed E-state index contributed by atoms with van der Waals surface area (Å²) in [5, 5.41) is 9.40. The summed E-state index contributed by atoms with van der Waals surface area (Å²) in [6.07, 6.45) is 2.91. The van der Waals surface area contributed by atoms with Crippen molar-refractivity contribution in [2.24, 2.45) is 0 Å². The lowest BCUT2D eigenvalue weighted by Gasteiger charge is -2.10. The maximum Gasteiger partial charge on any atom is 0.311 e. The number of carboxylic acid groups (broad SMARTS) is 1. The minimum atomic E-state index is -0.801. The fraction of sp³-hybridized carbons (Fsp3) is 0.375. The average Bonchev–Trinajstić information content (AvgIpc) is 3.12. The molecule has 2 unspecified atom stereocenters. The van der Waals surface area contributed by atoms with Gasteiger partial charge in [-0.15, -0.1) is 11.3 Å². The van der Waals surface area contributed by atoms with E-state index in [2.05, 4.69) is 0 Å². The number of ketones is 1. The van der Waals surface area contributed by atoms with Gasteiger partial charge in [0, 0.05) is 15.3 Å². The molecule has 0 fully saturated rings. The van der Waals surface area contributed by atoms with E-state index in [1.165, 1.54) is 17.6 Å². The highest BCUT2D eigenvalue weighted by molar-refractivity contribution is 7.12. The maximum absolute atomic E-state index is 12.7. The van der Waals surface area contributed by atoms with Crippen molar-refractivity contribution in [1.29, 1.82) is 0 Å². The summed E-state index contributed by atoms with van der Waals surface area (Å²) in [6, 6.07) is 3.34. The second kappa shape index (κ2) is 5.15. The molecule has 0 radical (unpaired) electrons. The molecular formula is C16H16O4S. The fourth-order valence-corrected chi connectivity index (χ4v) is 4.51. The molecule has 0 aromatic carbocycles. The van der Waals surface area contributed by atoms with Crippen molar-refractivity contribution < 1.29 is 19.1 Å². The van der Waals surface area contributed by atoms with E-state index in [0.717, 1.165) is 21.7 Å². The van der Waals surface area contributed by atoms with Crippen LogP contribution in [0.2, 0.25) is 0 Å². The normalized spacial score (nSPS) is 20.5. The van der Waals surface area contributed by atoms with Gasteiger partial charge in [0.05, 0.1) is 12.2 Å². The van der Waals surface area contributed by atoms with Crippen molar-refractivity contribution >= 4 is 23.1 Å². The molecule has 21 heavy (non-hydrogen) atoms. The van der Waals surface area contributed by atoms with Gasteiger partial charge in [0.2, 0.25) is 5.78 Å². The molecule has 0 saturated heterocycles. The van der Waals surface area contributed by atoms with Gasteiger partial charge in [-0.25, -0.2) is 0 Å². The molecule has 5 heteroatoms. The minimum absolute atomic E-state index is 0.139. The molecule has 4 nitrogen and oxygen atoms in total. The van der Waals surface area contributed by atoms with Crippen LogP contribution >= 0.6 is 11.3 Å². The van der Waals surface area contributed by atoms with Crippen LogP contribution in [0.1, 0.15) is 63.0 Å². The topological polar surface area (TPSA) is 67.5 Å². The second-order valence-corrected chi connectivity index (χ2v) is 6.61. The Morgan fingerprint density at radius 1 is 1.48 bits per heavy atom. The van der Waals surface area contributed by atoms with Crippen LogP contribution in [0, 0.1) is 6.92 Å². The monoisotopic (exact) mass is 304 g/mol. The van der Waals surface area contributed by atoms with Crippen molar-refractivity contribution in [2.45, 2.75) is 38.5 Å². The molecule has 0 spiro atoms. The standard InChI is InChI=1S/C16H16O4S/c1-3-9-7-10(16(18)19)15-13(9)12(8(2)21-15)14(17)11-5-4-6-20-11/h4-6,9-10H,3,7H2,1-2H3,(H,18,19). The predicted octanol–water partition coefficient (Wildman–Crippen LogP) is 3.95. The first kappa shape index (κ1) is 14.1. The molecule has 3 rings (SSSR count). The number of aryl methyl sites for hydroxylation is 1. The molecule has 0 bridgehead atoms. The number of carbonyl (C=O) groups excluding carboxylic acids is 1. The summed E-state index contributed by atoms with van der Waals surface area (Å²) < 4.78 is 5.22. The highest BCUT2D eigenvalue weighted by atomic mass is 32.1. The number of carboxylic acids is 1. The lowest BCUT2D eigenvalue weighted by Crippen LogP contribution is -2.07. The van der Waals surface area contributed by atoms with Crippen LogP contribution in [0.5, 0.6) is 0 Å². The Bertz CT molecular complexity index is 696. The fourth-order valence-electron chi connectivity index (χ4n) is 3.15. The van der Waals surface area contributed by atoms with E-state index in [0.29, 0.717) is 17.7 Å². The van der Waals surface area contributed by atoms with E-state index in [1.807, 2.05) is 13.8 Å². The van der Waals surface area contributed by atoms with Crippen molar-refractivity contribution in [3.8, 4) is 0 Å². The predicted molar refractivity (Wildman–Crippen MR) is 79.2 cm³/mol. The molecule has 0 amide bonds. The van der Waals surface area contributed by atoms with Crippen LogP contribution in [0.15, 0.2) is 22.8 Å². The Balaban J connectivity index is 2.14. The zero-order chi connectivity index (χ0) is 15.1. The zero-order valence-corrected chi connectivity index (χ0v) is 12.7. The van der Waals surface area contributed by atoms with Gasteiger partial charge < -0.3 is 9.52 Å². The van der Waals surface area contributed by atoms with Gasteiger partial charge in [-0.2, -0.15) is 0 Å². The Labute approximate surface area is 126 Å². The van der Waals surface area contributed by atoms with Crippen LogP contribution in [-0.2, 0) is 4.79 Å². The molecule has 1 aliphatic rings. The van der Waals surface area contributed by atoms with Crippen LogP contribution < -0.4 is 0 Å². The molecule has 110 valence electrons. The Kier molecular flexibility index (Phi) is 3.45. The first-order chi connectivity index (χ1) is 10.0. The van der Waals surface area contributed by atoms with E-state index in [-0.39, 0.29) is 11.7 Å². The molecule has 2 aromatic rings. The highest BCUT2D eigenvalue weighted by Crippen LogP contribution is 2.50. The van der Waals surface area contributed by atoms with Crippen molar-refractivity contribution in [3.05, 3.63) is 45.0 Å². The largest absolute Gasteiger partial charge is 0.481 e. The van der Waals surface area contributed by atoms with Crippen LogP contribution in [0.4, 0.5) is 0 Å². The Hall–Kier alpha value is -1.88. The van der Waals surface area contributed by atoms with Crippen LogP contribution in [-0.4, -0.2) is 16.9 Å². The quantitative estimate of drug-likeness (QED) is 0.869. The van der Waals surface area contributed by atoms with Crippen molar-refractivity contribution in [3.63, 3.8) is 0 Å². The van der Waals surface area contributed by atoms with E-state index in [4.69, 9.17) is 4.42 Å². The number of aliphatic carboxylic acids is 1. The third-order valence-corrected chi connectivity index (χ3v) is 5.39. The van der Waals surface area contributed by atoms with Gasteiger partial charge in [-0.3, -0.25) is 9.59 Å². The van der Waals surface area contributed by atoms with E-state index < -0.39 is 11.9 Å². The third kappa shape index (κ3) is 2.12. The molecule has 1 aliphatic carbocycles. The molecule has 0 aliphatic heterocycles.